The molecule has 0 aliphatic carbocycles. The fourth-order valence-corrected chi connectivity index (χ4v) is 6.93. The van der Waals surface area contributed by atoms with E-state index in [0.29, 0.717) is 6.54 Å². The van der Waals surface area contributed by atoms with Gasteiger partial charge in [-0.05, 0) is 66.1 Å². The highest BCUT2D eigenvalue weighted by atomic mass is 32.2. The fourth-order valence-electron chi connectivity index (χ4n) is 5.32. The molecular formula is C27H28N2O3S. The average Bonchev–Trinajstić information content (AvgIpc) is 3.31. The summed E-state index contributed by atoms with van der Waals surface area (Å²) < 4.78 is 17.6. The van der Waals surface area contributed by atoms with Gasteiger partial charge in [0.25, 0.3) is 0 Å². The summed E-state index contributed by atoms with van der Waals surface area (Å²) in [4.78, 5) is 11.8. The van der Waals surface area contributed by atoms with Crippen LogP contribution in [0.15, 0.2) is 54.6 Å². The Balaban J connectivity index is 1.59. The summed E-state index contributed by atoms with van der Waals surface area (Å²) in [6.07, 6.45) is 0.771. The minimum absolute atomic E-state index is 0.0535. The number of hydrogen-bond donors (Lipinski definition) is 1. The van der Waals surface area contributed by atoms with E-state index in [0.717, 1.165) is 52.0 Å². The predicted octanol–water partition coefficient (Wildman–Crippen LogP) is 4.73. The second kappa shape index (κ2) is 8.43. The minimum Gasteiger partial charge on any atom is -0.481 e. The maximum Gasteiger partial charge on any atom is 0.307 e. The Labute approximate surface area is 197 Å². The van der Waals surface area contributed by atoms with Gasteiger partial charge in [0.1, 0.15) is 0 Å². The number of hydrogen-bond acceptors (Lipinski definition) is 2. The highest BCUT2D eigenvalue weighted by Crippen LogP contribution is 2.47. The third-order valence-corrected chi connectivity index (χ3v) is 8.43. The second-order valence-corrected chi connectivity index (χ2v) is 10.5. The van der Waals surface area contributed by atoms with Crippen LogP contribution in [0.25, 0.3) is 11.1 Å². The maximum absolute atomic E-state index is 13.6. The van der Waals surface area contributed by atoms with E-state index in [-0.39, 0.29) is 12.5 Å². The number of anilines is 1. The molecule has 2 atom stereocenters. The molecule has 0 amide bonds. The summed E-state index contributed by atoms with van der Waals surface area (Å²) in [5, 5.41) is 9.71. The van der Waals surface area contributed by atoms with E-state index >= 15 is 0 Å². The first-order valence-electron chi connectivity index (χ1n) is 11.3. The van der Waals surface area contributed by atoms with E-state index in [4.69, 9.17) is 0 Å². The molecule has 1 N–H and O–H groups in total. The summed E-state index contributed by atoms with van der Waals surface area (Å²) in [6, 6.07) is 18.5. The number of carbonyl (C=O) groups is 1. The van der Waals surface area contributed by atoms with Gasteiger partial charge in [0.05, 0.1) is 18.2 Å². The number of fused-ring (bicyclic) bond motifs is 3. The van der Waals surface area contributed by atoms with Gasteiger partial charge in [0, 0.05) is 13.1 Å². The zero-order valence-corrected chi connectivity index (χ0v) is 20.0. The molecule has 1 unspecified atom stereocenters. The molecule has 33 heavy (non-hydrogen) atoms. The SMILES string of the molecule is Cc1ccc(-c2c(C)c3c(c(C)c2CC(=O)O)N2[C@H](C3)CN(Cc3ccccc3)S2=O)cc1. The van der Waals surface area contributed by atoms with Crippen LogP contribution in [0, 0.1) is 20.8 Å². The van der Waals surface area contributed by atoms with Crippen LogP contribution in [0.4, 0.5) is 5.69 Å². The standard InChI is InChI=1S/C27H28N2O3S/c1-17-9-11-21(12-10-17)26-18(2)24-13-22-16-28(15-20-7-5-4-6-8-20)33(32)29(22)27(24)19(3)23(26)14-25(30)31/h4-12,22H,13-16H2,1-3H3,(H,30,31)/t22-,33?/m1/s1. The number of nitrogens with zero attached hydrogens (tertiary/aromatic N) is 2. The molecule has 2 aliphatic heterocycles. The summed E-state index contributed by atoms with van der Waals surface area (Å²) >= 11 is -1.30. The average molecular weight is 461 g/mol. The lowest BCUT2D eigenvalue weighted by molar-refractivity contribution is -0.136. The molecule has 5 nitrogen and oxygen atoms in total. The van der Waals surface area contributed by atoms with E-state index in [1.807, 2.05) is 40.7 Å². The molecule has 0 saturated carbocycles. The van der Waals surface area contributed by atoms with E-state index in [1.165, 1.54) is 11.1 Å². The molecule has 2 heterocycles. The van der Waals surface area contributed by atoms with Crippen LogP contribution in [0.1, 0.15) is 33.4 Å². The molecule has 3 aromatic rings. The molecule has 0 bridgehead atoms. The molecule has 2 aliphatic rings. The van der Waals surface area contributed by atoms with Crippen LogP contribution in [-0.2, 0) is 35.4 Å². The number of carboxylic acid groups (broad SMARTS) is 1. The van der Waals surface area contributed by atoms with Crippen molar-refractivity contribution in [3.8, 4) is 11.1 Å². The van der Waals surface area contributed by atoms with Crippen LogP contribution in [-0.4, -0.2) is 32.2 Å². The Morgan fingerprint density at radius 1 is 1.03 bits per heavy atom. The lowest BCUT2D eigenvalue weighted by atomic mass is 9.85. The van der Waals surface area contributed by atoms with Gasteiger partial charge in [0.2, 0.25) is 0 Å². The molecule has 5 rings (SSSR count). The van der Waals surface area contributed by atoms with Crippen LogP contribution in [0.5, 0.6) is 0 Å². The lowest BCUT2D eigenvalue weighted by Gasteiger charge is -2.25. The first-order valence-corrected chi connectivity index (χ1v) is 12.4. The molecular weight excluding hydrogens is 432 g/mol. The third kappa shape index (κ3) is 3.77. The van der Waals surface area contributed by atoms with Gasteiger partial charge < -0.3 is 5.11 Å². The number of carboxylic acids is 1. The van der Waals surface area contributed by atoms with Crippen molar-refractivity contribution < 1.29 is 14.1 Å². The van der Waals surface area contributed by atoms with Gasteiger partial charge in [0.15, 0.2) is 11.2 Å². The van der Waals surface area contributed by atoms with Crippen LogP contribution < -0.4 is 4.31 Å². The largest absolute Gasteiger partial charge is 0.481 e. The second-order valence-electron chi connectivity index (χ2n) is 9.09. The number of aliphatic carboxylic acids is 1. The van der Waals surface area contributed by atoms with E-state index in [2.05, 4.69) is 43.3 Å². The fraction of sp³-hybridized carbons (Fsp3) is 0.296. The van der Waals surface area contributed by atoms with Gasteiger partial charge in [-0.1, -0.05) is 60.2 Å². The maximum atomic E-state index is 13.6. The zero-order valence-electron chi connectivity index (χ0n) is 19.2. The highest BCUT2D eigenvalue weighted by molar-refractivity contribution is 7.84. The number of benzene rings is 3. The number of aryl methyl sites for hydroxylation is 1. The van der Waals surface area contributed by atoms with Crippen LogP contribution >= 0.6 is 0 Å². The molecule has 0 aromatic heterocycles. The van der Waals surface area contributed by atoms with Crippen molar-refractivity contribution in [1.82, 2.24) is 4.31 Å². The van der Waals surface area contributed by atoms with Gasteiger partial charge in [-0.3, -0.25) is 9.10 Å². The van der Waals surface area contributed by atoms with Gasteiger partial charge >= 0.3 is 5.97 Å². The lowest BCUT2D eigenvalue weighted by Crippen LogP contribution is -2.28. The first-order chi connectivity index (χ1) is 15.8. The smallest absolute Gasteiger partial charge is 0.307 e. The Hall–Kier alpha value is -2.96. The Morgan fingerprint density at radius 3 is 2.39 bits per heavy atom. The third-order valence-electron chi connectivity index (χ3n) is 6.89. The Kier molecular flexibility index (Phi) is 5.59. The molecule has 170 valence electrons. The van der Waals surface area contributed by atoms with Crippen molar-refractivity contribution in [2.75, 3.05) is 10.8 Å². The number of rotatable bonds is 5. The molecule has 0 radical (unpaired) electrons. The van der Waals surface area contributed by atoms with Crippen molar-refractivity contribution in [2.45, 2.75) is 46.2 Å². The summed E-state index contributed by atoms with van der Waals surface area (Å²) in [5.41, 5.74) is 9.41. The normalized spacial score (nSPS) is 19.5. The topological polar surface area (TPSA) is 60.9 Å². The quantitative estimate of drug-likeness (QED) is 0.599. The van der Waals surface area contributed by atoms with Crippen molar-refractivity contribution in [3.05, 3.63) is 88.0 Å². The molecule has 0 spiro atoms. The van der Waals surface area contributed by atoms with Crippen molar-refractivity contribution in [2.24, 2.45) is 0 Å². The zero-order chi connectivity index (χ0) is 23.3. The van der Waals surface area contributed by atoms with Crippen molar-refractivity contribution >= 4 is 22.8 Å². The Bertz CT molecular complexity index is 1250. The van der Waals surface area contributed by atoms with Crippen molar-refractivity contribution in [1.29, 1.82) is 0 Å². The predicted molar refractivity (Wildman–Crippen MR) is 132 cm³/mol. The minimum atomic E-state index is -1.30. The monoisotopic (exact) mass is 460 g/mol. The van der Waals surface area contributed by atoms with Gasteiger partial charge in [-0.2, -0.15) is 0 Å². The molecule has 1 fully saturated rings. The van der Waals surface area contributed by atoms with Gasteiger partial charge in [-0.15, -0.1) is 0 Å². The van der Waals surface area contributed by atoms with Crippen LogP contribution in [0.3, 0.4) is 0 Å². The van der Waals surface area contributed by atoms with E-state index in [1.54, 1.807) is 0 Å². The van der Waals surface area contributed by atoms with Gasteiger partial charge in [-0.25, -0.2) is 8.51 Å². The van der Waals surface area contributed by atoms with E-state index < -0.39 is 17.1 Å². The molecule has 1 saturated heterocycles. The van der Waals surface area contributed by atoms with E-state index in [9.17, 15) is 14.1 Å². The van der Waals surface area contributed by atoms with Crippen LogP contribution in [0.2, 0.25) is 0 Å². The summed E-state index contributed by atoms with van der Waals surface area (Å²) in [7, 11) is 0. The molecule has 6 heteroatoms. The Morgan fingerprint density at radius 2 is 1.73 bits per heavy atom. The highest BCUT2D eigenvalue weighted by Gasteiger charge is 2.45. The summed E-state index contributed by atoms with van der Waals surface area (Å²) in [6.45, 7) is 7.49. The van der Waals surface area contributed by atoms with Crippen molar-refractivity contribution in [3.63, 3.8) is 0 Å². The summed E-state index contributed by atoms with van der Waals surface area (Å²) in [5.74, 6) is -0.853. The first kappa shape index (κ1) is 21.9. The molecule has 3 aromatic carbocycles.